The molecule has 2 amide bonds. The number of hydrogen-bond acceptors (Lipinski definition) is 5. The van der Waals surface area contributed by atoms with Crippen molar-refractivity contribution in [3.8, 4) is 0 Å². The molecule has 2 aromatic rings. The molecule has 1 N–H and O–H groups in total. The van der Waals surface area contributed by atoms with Gasteiger partial charge in [-0.05, 0) is 42.0 Å². The summed E-state index contributed by atoms with van der Waals surface area (Å²) in [4.78, 5) is 27.6. The Bertz CT molecular complexity index is 981. The monoisotopic (exact) mass is 418 g/mol. The number of urea groups is 1. The minimum absolute atomic E-state index is 0.164. The standard InChI is InChI=1S/C20H22N2O6S/c1-29(26,27)18-8-6-17(7-9-18)22(20(25)21-10-12-28-13-11-21)14-15-2-4-16(5-3-15)19(23)24/h2-9H,10-14H2,1H3,(H,23,24). The molecule has 0 saturated carbocycles. The molecule has 1 heterocycles. The SMILES string of the molecule is CS(=O)(=O)c1ccc(N(Cc2ccc(C(=O)O)cc2)C(=O)N2CCOCC2)cc1. The van der Waals surface area contributed by atoms with Crippen LogP contribution in [0.4, 0.5) is 10.5 Å². The first-order valence-corrected chi connectivity index (χ1v) is 10.9. The second-order valence-electron chi connectivity index (χ2n) is 6.74. The van der Waals surface area contributed by atoms with Gasteiger partial charge in [-0.1, -0.05) is 12.1 Å². The van der Waals surface area contributed by atoms with E-state index in [1.165, 1.54) is 24.3 Å². The second-order valence-corrected chi connectivity index (χ2v) is 8.75. The van der Waals surface area contributed by atoms with E-state index in [0.29, 0.717) is 32.0 Å². The van der Waals surface area contributed by atoms with Crippen molar-refractivity contribution in [2.75, 3.05) is 37.5 Å². The molecule has 1 fully saturated rings. The fraction of sp³-hybridized carbons (Fsp3) is 0.300. The van der Waals surface area contributed by atoms with Gasteiger partial charge >= 0.3 is 12.0 Å². The van der Waals surface area contributed by atoms with Crippen LogP contribution in [0.25, 0.3) is 0 Å². The zero-order valence-electron chi connectivity index (χ0n) is 15.9. The van der Waals surface area contributed by atoms with Gasteiger partial charge in [0, 0.05) is 25.0 Å². The number of benzene rings is 2. The molecule has 154 valence electrons. The zero-order chi connectivity index (χ0) is 21.0. The predicted octanol–water partition coefficient (Wildman–Crippen LogP) is 2.25. The molecular weight excluding hydrogens is 396 g/mol. The van der Waals surface area contributed by atoms with Crippen LogP contribution in [0.15, 0.2) is 53.4 Å². The van der Waals surface area contributed by atoms with Gasteiger partial charge in [0.25, 0.3) is 0 Å². The van der Waals surface area contributed by atoms with Gasteiger partial charge < -0.3 is 14.7 Å². The van der Waals surface area contributed by atoms with E-state index in [1.807, 2.05) is 0 Å². The summed E-state index contributed by atoms with van der Waals surface area (Å²) in [6.07, 6.45) is 1.13. The van der Waals surface area contributed by atoms with Gasteiger partial charge in [0.1, 0.15) is 0 Å². The highest BCUT2D eigenvalue weighted by Gasteiger charge is 2.25. The number of amides is 2. The first kappa shape index (κ1) is 20.8. The number of rotatable bonds is 5. The fourth-order valence-electron chi connectivity index (χ4n) is 3.00. The number of sulfone groups is 1. The molecule has 9 heteroatoms. The van der Waals surface area contributed by atoms with Crippen molar-refractivity contribution in [2.24, 2.45) is 0 Å². The number of carboxylic acid groups (broad SMARTS) is 1. The van der Waals surface area contributed by atoms with Gasteiger partial charge in [0.2, 0.25) is 0 Å². The summed E-state index contributed by atoms with van der Waals surface area (Å²) in [5.74, 6) is -1.02. The minimum Gasteiger partial charge on any atom is -0.478 e. The highest BCUT2D eigenvalue weighted by molar-refractivity contribution is 7.90. The number of morpholine rings is 1. The lowest BCUT2D eigenvalue weighted by Crippen LogP contribution is -2.48. The molecule has 0 aromatic heterocycles. The van der Waals surface area contributed by atoms with E-state index in [2.05, 4.69) is 0 Å². The Morgan fingerprint density at radius 3 is 2.14 bits per heavy atom. The zero-order valence-corrected chi connectivity index (χ0v) is 16.8. The third kappa shape index (κ3) is 5.12. The Kier molecular flexibility index (Phi) is 6.19. The van der Waals surface area contributed by atoms with Crippen molar-refractivity contribution in [2.45, 2.75) is 11.4 Å². The number of ether oxygens (including phenoxy) is 1. The smallest absolute Gasteiger partial charge is 0.335 e. The predicted molar refractivity (Wildman–Crippen MR) is 107 cm³/mol. The Morgan fingerprint density at radius 1 is 1.03 bits per heavy atom. The van der Waals surface area contributed by atoms with Crippen LogP contribution in [0.1, 0.15) is 15.9 Å². The highest BCUT2D eigenvalue weighted by atomic mass is 32.2. The lowest BCUT2D eigenvalue weighted by molar-refractivity contribution is 0.0548. The summed E-state index contributed by atoms with van der Waals surface area (Å²) in [6, 6.07) is 12.2. The van der Waals surface area contributed by atoms with E-state index in [-0.39, 0.29) is 23.0 Å². The van der Waals surface area contributed by atoms with Crippen molar-refractivity contribution < 1.29 is 27.9 Å². The van der Waals surface area contributed by atoms with Gasteiger partial charge in [-0.3, -0.25) is 4.90 Å². The number of carbonyl (C=O) groups is 2. The minimum atomic E-state index is -3.34. The first-order valence-electron chi connectivity index (χ1n) is 9.02. The number of carboxylic acids is 1. The number of hydrogen-bond donors (Lipinski definition) is 1. The van der Waals surface area contributed by atoms with Gasteiger partial charge in [-0.2, -0.15) is 0 Å². The van der Waals surface area contributed by atoms with E-state index < -0.39 is 15.8 Å². The molecule has 0 unspecified atom stereocenters. The van der Waals surface area contributed by atoms with Crippen LogP contribution in [0.5, 0.6) is 0 Å². The number of carbonyl (C=O) groups excluding carboxylic acids is 1. The Morgan fingerprint density at radius 2 is 1.62 bits per heavy atom. The highest BCUT2D eigenvalue weighted by Crippen LogP contribution is 2.22. The summed E-state index contributed by atoms with van der Waals surface area (Å²) >= 11 is 0. The van der Waals surface area contributed by atoms with Crippen LogP contribution in [-0.4, -0.2) is 63.0 Å². The Balaban J connectivity index is 1.90. The summed E-state index contributed by atoms with van der Waals surface area (Å²) in [5.41, 5.74) is 1.47. The van der Waals surface area contributed by atoms with Crippen molar-refractivity contribution in [1.82, 2.24) is 4.90 Å². The molecule has 29 heavy (non-hydrogen) atoms. The van der Waals surface area contributed by atoms with Crippen LogP contribution < -0.4 is 4.90 Å². The summed E-state index contributed by atoms with van der Waals surface area (Å²) in [5, 5.41) is 9.05. The van der Waals surface area contributed by atoms with Gasteiger partial charge in [0.15, 0.2) is 9.84 Å². The van der Waals surface area contributed by atoms with E-state index in [4.69, 9.17) is 9.84 Å². The normalized spacial score (nSPS) is 14.4. The molecule has 1 aliphatic heterocycles. The molecule has 0 radical (unpaired) electrons. The molecule has 0 aliphatic carbocycles. The topological polar surface area (TPSA) is 104 Å². The van der Waals surface area contributed by atoms with Crippen molar-refractivity contribution in [1.29, 1.82) is 0 Å². The molecule has 0 spiro atoms. The number of nitrogens with zero attached hydrogens (tertiary/aromatic N) is 2. The Labute approximate surface area is 169 Å². The van der Waals surface area contributed by atoms with Crippen LogP contribution in [0.3, 0.4) is 0 Å². The molecule has 1 saturated heterocycles. The molecule has 1 aliphatic rings. The third-order valence-electron chi connectivity index (χ3n) is 4.63. The molecule has 8 nitrogen and oxygen atoms in total. The first-order chi connectivity index (χ1) is 13.8. The summed E-state index contributed by atoms with van der Waals surface area (Å²) < 4.78 is 28.8. The molecule has 2 aromatic carbocycles. The molecule has 0 atom stereocenters. The van der Waals surface area contributed by atoms with Crippen molar-refractivity contribution in [3.63, 3.8) is 0 Å². The largest absolute Gasteiger partial charge is 0.478 e. The van der Waals surface area contributed by atoms with Gasteiger partial charge in [-0.15, -0.1) is 0 Å². The van der Waals surface area contributed by atoms with Gasteiger partial charge in [-0.25, -0.2) is 18.0 Å². The number of aromatic carboxylic acids is 1. The summed E-state index contributed by atoms with van der Waals surface area (Å²) in [7, 11) is -3.34. The van der Waals surface area contributed by atoms with Crippen molar-refractivity contribution >= 4 is 27.5 Å². The average Bonchev–Trinajstić information content (AvgIpc) is 2.72. The fourth-order valence-corrected chi connectivity index (χ4v) is 3.63. The summed E-state index contributed by atoms with van der Waals surface area (Å²) in [6.45, 7) is 2.07. The average molecular weight is 418 g/mol. The molecular formula is C20H22N2O6S. The maximum atomic E-state index is 13.1. The third-order valence-corrected chi connectivity index (χ3v) is 5.76. The van der Waals surface area contributed by atoms with Crippen molar-refractivity contribution in [3.05, 3.63) is 59.7 Å². The van der Waals surface area contributed by atoms with E-state index in [1.54, 1.807) is 34.1 Å². The van der Waals surface area contributed by atoms with Crippen LogP contribution >= 0.6 is 0 Å². The van der Waals surface area contributed by atoms with E-state index >= 15 is 0 Å². The Hall–Kier alpha value is -2.91. The molecule has 3 rings (SSSR count). The van der Waals surface area contributed by atoms with Crippen LogP contribution in [-0.2, 0) is 21.1 Å². The number of anilines is 1. The lowest BCUT2D eigenvalue weighted by atomic mass is 10.1. The lowest BCUT2D eigenvalue weighted by Gasteiger charge is -2.33. The van der Waals surface area contributed by atoms with E-state index in [0.717, 1.165) is 11.8 Å². The molecule has 0 bridgehead atoms. The second kappa shape index (κ2) is 8.62. The van der Waals surface area contributed by atoms with E-state index in [9.17, 15) is 18.0 Å². The van der Waals surface area contributed by atoms with Gasteiger partial charge in [0.05, 0.1) is 30.2 Å². The quantitative estimate of drug-likeness (QED) is 0.799. The van der Waals surface area contributed by atoms with Crippen LogP contribution in [0, 0.1) is 0 Å². The maximum Gasteiger partial charge on any atom is 0.335 e. The maximum absolute atomic E-state index is 13.1. The van der Waals surface area contributed by atoms with Crippen LogP contribution in [0.2, 0.25) is 0 Å².